The monoisotopic (exact) mass is 412 g/mol. The van der Waals surface area contributed by atoms with Crippen molar-refractivity contribution >= 4 is 34.7 Å². The van der Waals surface area contributed by atoms with E-state index in [1.165, 1.54) is 0 Å². The molecule has 1 amide bonds. The summed E-state index contributed by atoms with van der Waals surface area (Å²) in [7, 11) is 4.19. The first-order valence-corrected chi connectivity index (χ1v) is 10.2. The molecule has 0 unspecified atom stereocenters. The summed E-state index contributed by atoms with van der Waals surface area (Å²) >= 11 is 6.47. The van der Waals surface area contributed by atoms with Crippen molar-refractivity contribution in [2.45, 2.75) is 12.8 Å². The number of likely N-dealkylation sites (tertiary alicyclic amines) is 1. The minimum absolute atomic E-state index is 0.00154. The van der Waals surface area contributed by atoms with Crippen LogP contribution in [0, 0.1) is 5.92 Å². The van der Waals surface area contributed by atoms with E-state index in [2.05, 4.69) is 34.3 Å². The third-order valence-electron chi connectivity index (χ3n) is 5.30. The Hall–Kier alpha value is -2.64. The highest BCUT2D eigenvalue weighted by Crippen LogP contribution is 2.27. The molecule has 3 heterocycles. The van der Waals surface area contributed by atoms with E-state index in [9.17, 15) is 4.79 Å². The number of amides is 1. The molecule has 1 aliphatic rings. The summed E-state index contributed by atoms with van der Waals surface area (Å²) in [5.74, 6) is 1.28. The van der Waals surface area contributed by atoms with Crippen molar-refractivity contribution in [1.29, 1.82) is 0 Å². The lowest BCUT2D eigenvalue weighted by molar-refractivity contribution is 0.0678. The maximum absolute atomic E-state index is 12.9. The Morgan fingerprint density at radius 1 is 1.21 bits per heavy atom. The minimum atomic E-state index is -0.00154. The predicted molar refractivity (Wildman–Crippen MR) is 115 cm³/mol. The maximum Gasteiger partial charge on any atom is 0.255 e. The fraction of sp³-hybridized carbons (Fsp3) is 0.381. The molecule has 152 valence electrons. The smallest absolute Gasteiger partial charge is 0.255 e. The molecule has 0 atom stereocenters. The first kappa shape index (κ1) is 19.7. The van der Waals surface area contributed by atoms with Crippen molar-refractivity contribution in [2.24, 2.45) is 5.92 Å². The number of carbonyl (C=O) groups excluding carboxylic acids is 1. The van der Waals surface area contributed by atoms with E-state index in [1.807, 2.05) is 27.8 Å². The molecule has 0 saturated carbocycles. The second-order valence-corrected chi connectivity index (χ2v) is 8.16. The number of aromatic nitrogens is 3. The molecule has 1 fully saturated rings. The standard InChI is InChI=1S/C21H25ClN6O/c1-26(2)14-15-5-9-28(10-6-15)21(29)17-4-3-16(13-18(17)22)25-19-20-24-8-12-27(20)11-7-23-19/h3-4,7-8,11-13,15H,5-6,9-10,14H2,1-2H3,(H,23,25). The zero-order valence-electron chi connectivity index (χ0n) is 16.7. The average molecular weight is 413 g/mol. The number of halogens is 1. The highest BCUT2D eigenvalue weighted by Gasteiger charge is 2.25. The van der Waals surface area contributed by atoms with Gasteiger partial charge in [-0.15, -0.1) is 0 Å². The molecular weight excluding hydrogens is 388 g/mol. The molecule has 1 saturated heterocycles. The lowest BCUT2D eigenvalue weighted by Crippen LogP contribution is -2.40. The van der Waals surface area contributed by atoms with Crippen LogP contribution in [0.25, 0.3) is 5.65 Å². The SMILES string of the molecule is CN(C)CC1CCN(C(=O)c2ccc(Nc3nccn4ccnc34)cc2Cl)CC1. The van der Waals surface area contributed by atoms with Gasteiger partial charge in [-0.05, 0) is 51.1 Å². The maximum atomic E-state index is 12.9. The van der Waals surface area contributed by atoms with Crippen LogP contribution < -0.4 is 5.32 Å². The molecule has 7 nitrogen and oxygen atoms in total. The van der Waals surface area contributed by atoms with Crippen molar-refractivity contribution in [3.8, 4) is 0 Å². The van der Waals surface area contributed by atoms with Crippen LogP contribution in [0.2, 0.25) is 5.02 Å². The highest BCUT2D eigenvalue weighted by atomic mass is 35.5. The summed E-state index contributed by atoms with van der Waals surface area (Å²) in [5, 5.41) is 3.67. The van der Waals surface area contributed by atoms with Crippen molar-refractivity contribution in [2.75, 3.05) is 39.0 Å². The van der Waals surface area contributed by atoms with Crippen LogP contribution in [0.1, 0.15) is 23.2 Å². The van der Waals surface area contributed by atoms with E-state index in [4.69, 9.17) is 11.6 Å². The number of nitrogens with one attached hydrogen (secondary N) is 1. The number of anilines is 2. The van der Waals surface area contributed by atoms with Gasteiger partial charge in [0.15, 0.2) is 11.5 Å². The largest absolute Gasteiger partial charge is 0.339 e. The van der Waals surface area contributed by atoms with Crippen LogP contribution in [0.3, 0.4) is 0 Å². The van der Waals surface area contributed by atoms with Crippen molar-refractivity contribution in [3.05, 3.63) is 53.6 Å². The van der Waals surface area contributed by atoms with E-state index in [0.717, 1.165) is 43.8 Å². The summed E-state index contributed by atoms with van der Waals surface area (Å²) in [5.41, 5.74) is 2.03. The van der Waals surface area contributed by atoms with Gasteiger partial charge in [0.05, 0.1) is 10.6 Å². The van der Waals surface area contributed by atoms with Gasteiger partial charge in [0, 0.05) is 50.1 Å². The molecule has 8 heteroatoms. The van der Waals surface area contributed by atoms with Crippen LogP contribution in [0.5, 0.6) is 0 Å². The lowest BCUT2D eigenvalue weighted by atomic mass is 9.96. The predicted octanol–water partition coefficient (Wildman–Crippen LogP) is 3.54. The first-order chi connectivity index (χ1) is 14.0. The molecular formula is C21H25ClN6O. The van der Waals surface area contributed by atoms with Crippen LogP contribution >= 0.6 is 11.6 Å². The van der Waals surface area contributed by atoms with Gasteiger partial charge in [0.1, 0.15) is 0 Å². The van der Waals surface area contributed by atoms with Gasteiger partial charge in [-0.3, -0.25) is 4.79 Å². The summed E-state index contributed by atoms with van der Waals surface area (Å²) in [6.45, 7) is 2.62. The quantitative estimate of drug-likeness (QED) is 0.694. The van der Waals surface area contributed by atoms with Crippen LogP contribution in [-0.4, -0.2) is 63.8 Å². The molecule has 1 aliphatic heterocycles. The number of nitrogens with zero attached hydrogens (tertiary/aromatic N) is 5. The molecule has 0 aliphatic carbocycles. The Balaban J connectivity index is 1.45. The Morgan fingerprint density at radius 3 is 2.62 bits per heavy atom. The van der Waals surface area contributed by atoms with E-state index in [1.54, 1.807) is 24.5 Å². The summed E-state index contributed by atoms with van der Waals surface area (Å²) < 4.78 is 1.88. The Bertz CT molecular complexity index is 1010. The fourth-order valence-corrected chi connectivity index (χ4v) is 4.11. The average Bonchev–Trinajstić information content (AvgIpc) is 3.18. The van der Waals surface area contributed by atoms with Gasteiger partial charge in [0.25, 0.3) is 5.91 Å². The van der Waals surface area contributed by atoms with Crippen LogP contribution in [0.4, 0.5) is 11.5 Å². The Kier molecular flexibility index (Phi) is 5.69. The second-order valence-electron chi connectivity index (χ2n) is 7.75. The van der Waals surface area contributed by atoms with E-state index in [0.29, 0.717) is 22.3 Å². The zero-order chi connectivity index (χ0) is 20.4. The van der Waals surface area contributed by atoms with Crippen LogP contribution in [0.15, 0.2) is 43.0 Å². The fourth-order valence-electron chi connectivity index (χ4n) is 3.85. The van der Waals surface area contributed by atoms with Gasteiger partial charge in [-0.25, -0.2) is 9.97 Å². The molecule has 0 radical (unpaired) electrons. The van der Waals surface area contributed by atoms with Crippen molar-refractivity contribution < 1.29 is 4.79 Å². The Morgan fingerprint density at radius 2 is 1.93 bits per heavy atom. The van der Waals surface area contributed by atoms with Crippen molar-refractivity contribution in [1.82, 2.24) is 24.2 Å². The molecule has 0 spiro atoms. The lowest BCUT2D eigenvalue weighted by Gasteiger charge is -2.33. The third kappa shape index (κ3) is 4.36. The van der Waals surface area contributed by atoms with E-state index >= 15 is 0 Å². The number of imidazole rings is 1. The number of fused-ring (bicyclic) bond motifs is 1. The second kappa shape index (κ2) is 8.39. The number of benzene rings is 1. The molecule has 1 aromatic carbocycles. The van der Waals surface area contributed by atoms with Crippen LogP contribution in [-0.2, 0) is 0 Å². The Labute approximate surface area is 175 Å². The molecule has 29 heavy (non-hydrogen) atoms. The number of carbonyl (C=O) groups is 1. The summed E-state index contributed by atoms with van der Waals surface area (Å²) in [6.07, 6.45) is 9.18. The number of hydrogen-bond acceptors (Lipinski definition) is 5. The van der Waals surface area contributed by atoms with Gasteiger partial charge in [-0.1, -0.05) is 11.6 Å². The number of rotatable bonds is 5. The molecule has 3 aromatic rings. The van der Waals surface area contributed by atoms with Crippen molar-refractivity contribution in [3.63, 3.8) is 0 Å². The van der Waals surface area contributed by atoms with Gasteiger partial charge < -0.3 is 19.5 Å². The third-order valence-corrected chi connectivity index (χ3v) is 5.61. The molecule has 0 bridgehead atoms. The minimum Gasteiger partial charge on any atom is -0.339 e. The normalized spacial score (nSPS) is 15.2. The molecule has 4 rings (SSSR count). The number of hydrogen-bond donors (Lipinski definition) is 1. The molecule has 2 aromatic heterocycles. The number of piperidine rings is 1. The summed E-state index contributed by atoms with van der Waals surface area (Å²) in [4.78, 5) is 25.7. The van der Waals surface area contributed by atoms with Gasteiger partial charge in [0.2, 0.25) is 0 Å². The van der Waals surface area contributed by atoms with Gasteiger partial charge >= 0.3 is 0 Å². The van der Waals surface area contributed by atoms with Gasteiger partial charge in [-0.2, -0.15) is 0 Å². The van der Waals surface area contributed by atoms with E-state index < -0.39 is 0 Å². The highest BCUT2D eigenvalue weighted by molar-refractivity contribution is 6.34. The zero-order valence-corrected chi connectivity index (χ0v) is 17.4. The van der Waals surface area contributed by atoms with E-state index in [-0.39, 0.29) is 5.91 Å². The first-order valence-electron chi connectivity index (χ1n) is 9.79. The topological polar surface area (TPSA) is 65.8 Å². The molecule has 1 N–H and O–H groups in total. The summed E-state index contributed by atoms with van der Waals surface area (Å²) in [6, 6.07) is 5.40.